The molecule has 0 radical (unpaired) electrons. The van der Waals surface area contributed by atoms with Crippen LogP contribution in [0.15, 0.2) is 18.2 Å². The molecule has 1 amide bonds. The van der Waals surface area contributed by atoms with Crippen LogP contribution in [0.4, 0.5) is 4.79 Å². The number of aliphatic carboxylic acids is 1. The van der Waals surface area contributed by atoms with E-state index in [2.05, 4.69) is 0 Å². The zero-order valence-corrected chi connectivity index (χ0v) is 19.1. The van der Waals surface area contributed by atoms with Crippen LogP contribution in [0.2, 0.25) is 0 Å². The first-order valence-electron chi connectivity index (χ1n) is 9.58. The van der Waals surface area contributed by atoms with E-state index in [1.807, 2.05) is 13.8 Å². The zero-order valence-electron chi connectivity index (χ0n) is 19.1. The molecule has 8 nitrogen and oxygen atoms in total. The fourth-order valence-electron chi connectivity index (χ4n) is 3.42. The van der Waals surface area contributed by atoms with E-state index in [1.165, 1.54) is 19.1 Å². The Morgan fingerprint density at radius 3 is 2.10 bits per heavy atom. The van der Waals surface area contributed by atoms with Crippen molar-refractivity contribution in [2.75, 3.05) is 14.2 Å². The maximum atomic E-state index is 13.1. The van der Waals surface area contributed by atoms with Gasteiger partial charge < -0.3 is 28.8 Å². The Labute approximate surface area is 190 Å². The Balaban J connectivity index is 0.00000450. The number of carboxylic acid groups (broad SMARTS) is 1. The number of amides is 1. The van der Waals surface area contributed by atoms with E-state index < -0.39 is 36.0 Å². The van der Waals surface area contributed by atoms with Crippen molar-refractivity contribution in [1.29, 1.82) is 0 Å². The van der Waals surface area contributed by atoms with E-state index in [9.17, 15) is 14.7 Å². The molecule has 1 aromatic carbocycles. The molecule has 0 spiro atoms. The summed E-state index contributed by atoms with van der Waals surface area (Å²) in [5.74, 6) is -0.468. The van der Waals surface area contributed by atoms with E-state index in [4.69, 9.17) is 18.9 Å². The monoisotopic (exact) mass is 415 g/mol. The summed E-state index contributed by atoms with van der Waals surface area (Å²) in [6, 6.07) is 4.35. The van der Waals surface area contributed by atoms with Crippen molar-refractivity contribution in [2.45, 2.75) is 65.0 Å². The van der Waals surface area contributed by atoms with Crippen LogP contribution in [-0.2, 0) is 14.3 Å². The Bertz CT molecular complexity index is 725. The van der Waals surface area contributed by atoms with Crippen LogP contribution in [0.25, 0.3) is 0 Å². The normalized spacial score (nSPS) is 21.2. The summed E-state index contributed by atoms with van der Waals surface area (Å²) in [7, 11) is 2.96. The second-order valence-corrected chi connectivity index (χ2v) is 8.39. The molecule has 1 unspecified atom stereocenters. The summed E-state index contributed by atoms with van der Waals surface area (Å²) in [6.45, 7) is 9.11. The number of carboxylic acids is 1. The van der Waals surface area contributed by atoms with Crippen molar-refractivity contribution in [1.82, 2.24) is 4.90 Å². The van der Waals surface area contributed by atoms with E-state index >= 15 is 0 Å². The number of hydrogen-bond donors (Lipinski definition) is 0. The van der Waals surface area contributed by atoms with Gasteiger partial charge in [0, 0.05) is 0 Å². The van der Waals surface area contributed by atoms with Gasteiger partial charge in [-0.15, -0.1) is 0 Å². The standard InChI is InChI=1S/C21H31NO7.Li/c1-12(2)11-13-17(19(23)24)28-18(22(13)20(25)29-21(3,4)5)16-14(26-6)9-8-10-15(16)27-7;/h8-10,12-13,17-18H,11H2,1-7H3,(H,23,24);/q;+1/p-1/t13-,17+,18?;/m0./s1. The summed E-state index contributed by atoms with van der Waals surface area (Å²) < 4.78 is 22.3. The number of carbonyl (C=O) groups is 2. The van der Waals surface area contributed by atoms with Crippen LogP contribution in [0.5, 0.6) is 11.5 Å². The van der Waals surface area contributed by atoms with Crippen LogP contribution in [0.3, 0.4) is 0 Å². The maximum Gasteiger partial charge on any atom is 1.00 e. The van der Waals surface area contributed by atoms with Gasteiger partial charge in [0.25, 0.3) is 0 Å². The van der Waals surface area contributed by atoms with Gasteiger partial charge in [-0.25, -0.2) is 4.79 Å². The van der Waals surface area contributed by atoms with Crippen molar-refractivity contribution in [3.05, 3.63) is 23.8 Å². The predicted octanol–water partition coefficient (Wildman–Crippen LogP) is -0.493. The number of carbonyl (C=O) groups excluding carboxylic acids is 2. The number of ether oxygens (including phenoxy) is 4. The molecule has 3 atom stereocenters. The quantitative estimate of drug-likeness (QED) is 0.578. The molecular weight excluding hydrogens is 385 g/mol. The molecule has 0 saturated carbocycles. The molecule has 1 heterocycles. The third-order valence-corrected chi connectivity index (χ3v) is 4.50. The van der Waals surface area contributed by atoms with Gasteiger partial charge in [0.2, 0.25) is 0 Å². The number of benzene rings is 1. The number of hydrogen-bond acceptors (Lipinski definition) is 7. The molecule has 9 heteroatoms. The van der Waals surface area contributed by atoms with Gasteiger partial charge in [-0.3, -0.25) is 4.90 Å². The van der Waals surface area contributed by atoms with Gasteiger partial charge >= 0.3 is 25.0 Å². The molecule has 0 aliphatic carbocycles. The SMILES string of the molecule is COc1cccc(OC)c1C1O[C@@H](C(=O)[O-])[C@H](CC(C)C)N1C(=O)OC(C)(C)C.[Li+]. The van der Waals surface area contributed by atoms with E-state index in [0.29, 0.717) is 23.5 Å². The molecule has 1 aliphatic heterocycles. The van der Waals surface area contributed by atoms with Crippen LogP contribution in [0, 0.1) is 5.92 Å². The molecule has 0 bridgehead atoms. The third kappa shape index (κ3) is 5.84. The van der Waals surface area contributed by atoms with Crippen LogP contribution in [0.1, 0.15) is 52.8 Å². The minimum atomic E-state index is -1.39. The summed E-state index contributed by atoms with van der Waals surface area (Å²) in [6.07, 6.45) is -2.66. The van der Waals surface area contributed by atoms with Gasteiger partial charge in [-0.2, -0.15) is 0 Å². The van der Waals surface area contributed by atoms with Crippen molar-refractivity contribution in [3.63, 3.8) is 0 Å². The average Bonchev–Trinajstić information content (AvgIpc) is 2.97. The van der Waals surface area contributed by atoms with Gasteiger partial charge in [0.1, 0.15) is 23.2 Å². The number of nitrogens with zero attached hydrogens (tertiary/aromatic N) is 1. The summed E-state index contributed by atoms with van der Waals surface area (Å²) >= 11 is 0. The Kier molecular flexibility index (Phi) is 9.09. The number of methoxy groups -OCH3 is 2. The Morgan fingerprint density at radius 1 is 1.17 bits per heavy atom. The molecular formula is C21H30LiNO7. The second-order valence-electron chi connectivity index (χ2n) is 8.39. The van der Waals surface area contributed by atoms with Gasteiger partial charge in [0.05, 0.1) is 31.8 Å². The first-order valence-corrected chi connectivity index (χ1v) is 9.58. The van der Waals surface area contributed by atoms with Crippen LogP contribution < -0.4 is 33.4 Å². The van der Waals surface area contributed by atoms with Gasteiger partial charge in [-0.05, 0) is 45.2 Å². The Morgan fingerprint density at radius 2 is 1.70 bits per heavy atom. The maximum absolute atomic E-state index is 13.1. The number of rotatable bonds is 6. The summed E-state index contributed by atoms with van der Waals surface area (Å²) in [4.78, 5) is 26.3. The fraction of sp³-hybridized carbons (Fsp3) is 0.619. The summed E-state index contributed by atoms with van der Waals surface area (Å²) in [5.41, 5.74) is -0.352. The first-order chi connectivity index (χ1) is 13.5. The molecule has 162 valence electrons. The molecule has 1 aliphatic rings. The van der Waals surface area contributed by atoms with E-state index in [1.54, 1.807) is 39.0 Å². The molecule has 30 heavy (non-hydrogen) atoms. The second kappa shape index (κ2) is 10.4. The van der Waals surface area contributed by atoms with E-state index in [-0.39, 0.29) is 24.8 Å². The topological polar surface area (TPSA) is 97.4 Å². The fourth-order valence-corrected chi connectivity index (χ4v) is 3.42. The zero-order chi connectivity index (χ0) is 21.9. The van der Waals surface area contributed by atoms with E-state index in [0.717, 1.165) is 0 Å². The molecule has 0 aromatic heterocycles. The van der Waals surface area contributed by atoms with Crippen molar-refractivity contribution in [2.24, 2.45) is 5.92 Å². The molecule has 1 saturated heterocycles. The molecule has 1 fully saturated rings. The Hall–Kier alpha value is -1.88. The average molecular weight is 415 g/mol. The van der Waals surface area contributed by atoms with Gasteiger partial charge in [-0.1, -0.05) is 19.9 Å². The third-order valence-electron chi connectivity index (χ3n) is 4.50. The molecule has 0 N–H and O–H groups in total. The van der Waals surface area contributed by atoms with Gasteiger partial charge in [0.15, 0.2) is 6.23 Å². The minimum Gasteiger partial charge on any atom is -0.547 e. The van der Waals surface area contributed by atoms with Crippen molar-refractivity contribution in [3.8, 4) is 11.5 Å². The molecule has 2 rings (SSSR count). The first kappa shape index (κ1) is 26.2. The van der Waals surface area contributed by atoms with Crippen LogP contribution >= 0.6 is 0 Å². The molecule has 1 aromatic rings. The summed E-state index contributed by atoms with van der Waals surface area (Å²) in [5, 5.41) is 11.9. The predicted molar refractivity (Wildman–Crippen MR) is 103 cm³/mol. The largest absolute Gasteiger partial charge is 1.00 e. The minimum absolute atomic E-state index is 0. The van der Waals surface area contributed by atoms with Crippen LogP contribution in [-0.4, -0.2) is 48.9 Å². The van der Waals surface area contributed by atoms with Crippen molar-refractivity contribution < 1.29 is 52.5 Å². The smallest absolute Gasteiger partial charge is 0.547 e. The van der Waals surface area contributed by atoms with Crippen molar-refractivity contribution >= 4 is 12.1 Å².